The summed E-state index contributed by atoms with van der Waals surface area (Å²) in [5.41, 5.74) is -2.05. The molecule has 1 rings (SSSR count). The van der Waals surface area contributed by atoms with Crippen molar-refractivity contribution in [3.63, 3.8) is 0 Å². The number of aliphatic hydroxyl groups is 2. The maximum Gasteiger partial charge on any atom is 0.344 e. The highest BCUT2D eigenvalue weighted by Crippen LogP contribution is 2.42. The van der Waals surface area contributed by atoms with Crippen LogP contribution in [0.25, 0.3) is 0 Å². The maximum atomic E-state index is 11.5. The van der Waals surface area contributed by atoms with Gasteiger partial charge in [0, 0.05) is 5.57 Å². The van der Waals surface area contributed by atoms with Gasteiger partial charge in [-0.3, -0.25) is 0 Å². The van der Waals surface area contributed by atoms with E-state index in [-0.39, 0.29) is 10.6 Å². The van der Waals surface area contributed by atoms with Gasteiger partial charge in [-0.05, 0) is 6.92 Å². The molecular weight excluding hydrogens is 255 g/mol. The number of halogens is 2. The van der Waals surface area contributed by atoms with Crippen LogP contribution in [0.4, 0.5) is 0 Å². The lowest BCUT2D eigenvalue weighted by Gasteiger charge is -2.25. The summed E-state index contributed by atoms with van der Waals surface area (Å²) < 4.78 is 4.47. The molecule has 2 N–H and O–H groups in total. The third-order valence-electron chi connectivity index (χ3n) is 2.43. The Balaban J connectivity index is 3.31. The Labute approximate surface area is 103 Å². The number of hydrogen-bond donors (Lipinski definition) is 2. The van der Waals surface area contributed by atoms with Crippen molar-refractivity contribution in [3.8, 4) is 0 Å². The van der Waals surface area contributed by atoms with Crippen molar-refractivity contribution in [2.45, 2.75) is 24.0 Å². The average Bonchev–Trinajstić information content (AvgIpc) is 2.44. The lowest BCUT2D eigenvalue weighted by atomic mass is 9.94. The molecule has 0 aromatic heterocycles. The van der Waals surface area contributed by atoms with Crippen LogP contribution in [0.2, 0.25) is 0 Å². The minimum Gasteiger partial charge on any atom is -0.467 e. The summed E-state index contributed by atoms with van der Waals surface area (Å²) in [4.78, 5) is 11.5. The molecule has 0 aliphatic heterocycles. The van der Waals surface area contributed by atoms with Crippen molar-refractivity contribution >= 4 is 29.2 Å². The summed E-state index contributed by atoms with van der Waals surface area (Å²) in [5.74, 6) is -0.949. The lowest BCUT2D eigenvalue weighted by Crippen LogP contribution is -2.49. The highest BCUT2D eigenvalue weighted by Gasteiger charge is 2.56. The molecule has 4 nitrogen and oxygen atoms in total. The summed E-state index contributed by atoms with van der Waals surface area (Å²) in [6.07, 6.45) is 1.71. The first-order valence-corrected chi connectivity index (χ1v) is 5.38. The molecular formula is C10H12Cl2O4. The van der Waals surface area contributed by atoms with Crippen LogP contribution in [0.15, 0.2) is 22.8 Å². The van der Waals surface area contributed by atoms with Gasteiger partial charge >= 0.3 is 5.97 Å². The second kappa shape index (κ2) is 4.75. The van der Waals surface area contributed by atoms with Crippen molar-refractivity contribution in [1.82, 2.24) is 0 Å². The minimum absolute atomic E-state index is 0.0500. The predicted octanol–water partition coefficient (Wildman–Crippen LogP) is 0.941. The number of aliphatic hydroxyl groups excluding tert-OH is 1. The molecule has 0 aromatic rings. The van der Waals surface area contributed by atoms with Crippen LogP contribution in [-0.4, -0.2) is 40.4 Å². The van der Waals surface area contributed by atoms with Crippen molar-refractivity contribution in [2.24, 2.45) is 0 Å². The Morgan fingerprint density at radius 3 is 2.62 bits per heavy atom. The van der Waals surface area contributed by atoms with E-state index >= 15 is 0 Å². The second-order valence-electron chi connectivity index (χ2n) is 3.37. The Hall–Kier alpha value is -0.550. The molecule has 1 aliphatic rings. The van der Waals surface area contributed by atoms with Crippen molar-refractivity contribution < 1.29 is 19.7 Å². The maximum absolute atomic E-state index is 11.5. The Morgan fingerprint density at radius 2 is 2.19 bits per heavy atom. The molecule has 0 saturated carbocycles. The number of allylic oxidation sites excluding steroid dienone is 1. The molecule has 1 unspecified atom stereocenters. The number of esters is 1. The first kappa shape index (κ1) is 13.5. The monoisotopic (exact) mass is 266 g/mol. The summed E-state index contributed by atoms with van der Waals surface area (Å²) >= 11 is 11.6. The molecule has 6 heteroatoms. The van der Waals surface area contributed by atoms with Gasteiger partial charge < -0.3 is 14.9 Å². The van der Waals surface area contributed by atoms with Crippen LogP contribution in [0.1, 0.15) is 6.92 Å². The minimum atomic E-state index is -2.11. The molecule has 0 aromatic carbocycles. The highest BCUT2D eigenvalue weighted by molar-refractivity contribution is 6.34. The smallest absolute Gasteiger partial charge is 0.344 e. The Morgan fingerprint density at radius 1 is 1.62 bits per heavy atom. The summed E-state index contributed by atoms with van der Waals surface area (Å²) in [6, 6.07) is 0. The number of methoxy groups -OCH3 is 1. The van der Waals surface area contributed by atoms with Crippen LogP contribution < -0.4 is 0 Å². The van der Waals surface area contributed by atoms with Crippen LogP contribution in [0.3, 0.4) is 0 Å². The molecule has 3 atom stereocenters. The topological polar surface area (TPSA) is 66.8 Å². The number of hydrogen-bond acceptors (Lipinski definition) is 4. The van der Waals surface area contributed by atoms with Gasteiger partial charge in [0.25, 0.3) is 0 Å². The summed E-state index contributed by atoms with van der Waals surface area (Å²) in [5, 5.41) is 18.5. The van der Waals surface area contributed by atoms with E-state index in [2.05, 4.69) is 4.74 Å². The van der Waals surface area contributed by atoms with Gasteiger partial charge in [0.1, 0.15) is 11.5 Å². The Bertz CT molecular complexity index is 364. The average molecular weight is 267 g/mol. The zero-order valence-corrected chi connectivity index (χ0v) is 10.3. The van der Waals surface area contributed by atoms with Gasteiger partial charge in [-0.2, -0.15) is 0 Å². The van der Waals surface area contributed by atoms with Crippen LogP contribution in [-0.2, 0) is 9.53 Å². The highest BCUT2D eigenvalue weighted by atomic mass is 35.5. The van der Waals surface area contributed by atoms with Gasteiger partial charge in [0.05, 0.1) is 12.1 Å². The summed E-state index contributed by atoms with van der Waals surface area (Å²) in [6.45, 7) is 1.68. The molecule has 0 saturated heterocycles. The van der Waals surface area contributed by atoms with E-state index in [1.54, 1.807) is 13.0 Å². The first-order valence-electron chi connectivity index (χ1n) is 4.57. The number of alkyl halides is 1. The molecule has 90 valence electrons. The van der Waals surface area contributed by atoms with Crippen LogP contribution >= 0.6 is 23.2 Å². The first-order chi connectivity index (χ1) is 7.41. The third kappa shape index (κ3) is 1.76. The number of carbonyl (C=O) groups excluding carboxylic acids is 1. The predicted molar refractivity (Wildman–Crippen MR) is 60.3 cm³/mol. The Kier molecular flexibility index (Phi) is 4.02. The zero-order chi connectivity index (χ0) is 12.5. The molecule has 16 heavy (non-hydrogen) atoms. The van der Waals surface area contributed by atoms with Gasteiger partial charge in [-0.25, -0.2) is 4.79 Å². The number of rotatable bonds is 2. The molecule has 0 spiro atoms. The standard InChI is InChI=1S/C10H12Cl2O4/c1-3-4-5-6(11)7(13)8(12)10(5,15)9(14)16-2/h3-4,7-8,13,15H,1-2H3/b4-3+/t7-,8?,10-/m1/s1. The third-order valence-corrected chi connectivity index (χ3v) is 3.42. The molecule has 0 amide bonds. The lowest BCUT2D eigenvalue weighted by molar-refractivity contribution is -0.158. The fourth-order valence-electron chi connectivity index (χ4n) is 1.60. The van der Waals surface area contributed by atoms with E-state index in [1.807, 2.05) is 0 Å². The van der Waals surface area contributed by atoms with E-state index in [0.29, 0.717) is 0 Å². The SMILES string of the molecule is C/C=C/C1=C(Cl)[C@@H](O)C(Cl)[C@@]1(O)C(=O)OC. The fourth-order valence-corrected chi connectivity index (χ4v) is 2.33. The fraction of sp³-hybridized carbons (Fsp3) is 0.500. The number of ether oxygens (including phenoxy) is 1. The quantitative estimate of drug-likeness (QED) is 0.577. The molecule has 0 fully saturated rings. The van der Waals surface area contributed by atoms with E-state index < -0.39 is 23.1 Å². The van der Waals surface area contributed by atoms with E-state index in [1.165, 1.54) is 6.08 Å². The van der Waals surface area contributed by atoms with Crippen LogP contribution in [0, 0.1) is 0 Å². The van der Waals surface area contributed by atoms with Gasteiger partial charge in [-0.1, -0.05) is 23.8 Å². The van der Waals surface area contributed by atoms with Gasteiger partial charge in [0.2, 0.25) is 5.60 Å². The van der Waals surface area contributed by atoms with Crippen molar-refractivity contribution in [1.29, 1.82) is 0 Å². The van der Waals surface area contributed by atoms with Crippen molar-refractivity contribution in [2.75, 3.05) is 7.11 Å². The zero-order valence-electron chi connectivity index (χ0n) is 8.78. The van der Waals surface area contributed by atoms with Crippen molar-refractivity contribution in [3.05, 3.63) is 22.8 Å². The second-order valence-corrected chi connectivity index (χ2v) is 4.24. The molecule has 0 heterocycles. The van der Waals surface area contributed by atoms with E-state index in [4.69, 9.17) is 23.2 Å². The summed E-state index contributed by atoms with van der Waals surface area (Å²) in [7, 11) is 1.12. The molecule has 1 aliphatic carbocycles. The largest absolute Gasteiger partial charge is 0.467 e. The van der Waals surface area contributed by atoms with Gasteiger partial charge in [0.15, 0.2) is 0 Å². The van der Waals surface area contributed by atoms with E-state index in [9.17, 15) is 15.0 Å². The molecule has 0 radical (unpaired) electrons. The molecule has 0 bridgehead atoms. The number of carbonyl (C=O) groups is 1. The normalized spacial score (nSPS) is 34.9. The van der Waals surface area contributed by atoms with Crippen LogP contribution in [0.5, 0.6) is 0 Å². The van der Waals surface area contributed by atoms with E-state index in [0.717, 1.165) is 7.11 Å². The van der Waals surface area contributed by atoms with Gasteiger partial charge in [-0.15, -0.1) is 11.6 Å².